The predicted molar refractivity (Wildman–Crippen MR) is 60.0 cm³/mol. The predicted octanol–water partition coefficient (Wildman–Crippen LogP) is 1.54. The minimum Gasteiger partial charge on any atom is -0.373 e. The average molecular weight is 206 g/mol. The van der Waals surface area contributed by atoms with Crippen LogP contribution in [0.3, 0.4) is 0 Å². The van der Waals surface area contributed by atoms with Gasteiger partial charge in [-0.05, 0) is 18.4 Å². The van der Waals surface area contributed by atoms with Crippen molar-refractivity contribution in [3.05, 3.63) is 35.9 Å². The summed E-state index contributed by atoms with van der Waals surface area (Å²) in [5.41, 5.74) is 1.24. The summed E-state index contributed by atoms with van der Waals surface area (Å²) >= 11 is 0. The van der Waals surface area contributed by atoms with Gasteiger partial charge in [0.05, 0.1) is 12.7 Å². The van der Waals surface area contributed by atoms with E-state index in [-0.39, 0.29) is 0 Å². The number of hydrogen-bond donors (Lipinski definition) is 1. The van der Waals surface area contributed by atoms with Crippen LogP contribution in [0, 0.1) is 0 Å². The Kier molecular flexibility index (Phi) is 3.72. The molecule has 0 unspecified atom stereocenters. The summed E-state index contributed by atoms with van der Waals surface area (Å²) in [5, 5.41) is 1.86. The van der Waals surface area contributed by atoms with Gasteiger partial charge in [-0.2, -0.15) is 0 Å². The Bertz CT molecular complexity index is 281. The average Bonchev–Trinajstić information content (AvgIpc) is 2.30. The van der Waals surface area contributed by atoms with Crippen molar-refractivity contribution in [3.8, 4) is 0 Å². The summed E-state index contributed by atoms with van der Waals surface area (Å²) in [5.74, 6) is 5.68. The highest BCUT2D eigenvalue weighted by molar-refractivity contribution is 5.13. The van der Waals surface area contributed by atoms with Crippen LogP contribution >= 0.6 is 0 Å². The maximum Gasteiger partial charge on any atom is 0.0720 e. The van der Waals surface area contributed by atoms with Gasteiger partial charge in [-0.25, -0.2) is 5.01 Å². The minimum atomic E-state index is 0.380. The molecule has 0 amide bonds. The van der Waals surface area contributed by atoms with Gasteiger partial charge in [-0.1, -0.05) is 30.3 Å². The lowest BCUT2D eigenvalue weighted by molar-refractivity contribution is -0.00259. The van der Waals surface area contributed by atoms with Crippen LogP contribution in [0.1, 0.15) is 18.4 Å². The molecule has 82 valence electrons. The molecule has 0 bridgehead atoms. The monoisotopic (exact) mass is 206 g/mol. The highest BCUT2D eigenvalue weighted by Crippen LogP contribution is 2.13. The molecule has 0 atom stereocenters. The molecule has 2 N–H and O–H groups in total. The first kappa shape index (κ1) is 10.6. The first-order valence-corrected chi connectivity index (χ1v) is 5.50. The zero-order valence-corrected chi connectivity index (χ0v) is 8.93. The number of piperidine rings is 1. The lowest BCUT2D eigenvalue weighted by Crippen LogP contribution is -2.41. The van der Waals surface area contributed by atoms with Gasteiger partial charge in [-0.3, -0.25) is 5.84 Å². The summed E-state index contributed by atoms with van der Waals surface area (Å²) in [4.78, 5) is 0. The third-order valence-corrected chi connectivity index (χ3v) is 2.81. The van der Waals surface area contributed by atoms with Crippen LogP contribution in [0.25, 0.3) is 0 Å². The molecule has 1 heterocycles. The molecule has 3 heteroatoms. The Morgan fingerprint density at radius 3 is 2.53 bits per heavy atom. The number of nitrogens with zero attached hydrogens (tertiary/aromatic N) is 1. The van der Waals surface area contributed by atoms with Crippen LogP contribution in [0.4, 0.5) is 0 Å². The molecule has 1 fully saturated rings. The van der Waals surface area contributed by atoms with E-state index in [0.717, 1.165) is 32.5 Å². The first-order chi connectivity index (χ1) is 7.34. The lowest BCUT2D eigenvalue weighted by atomic mass is 10.1. The van der Waals surface area contributed by atoms with Gasteiger partial charge in [0.1, 0.15) is 0 Å². The molecule has 1 aromatic rings. The second-order valence-electron chi connectivity index (χ2n) is 4.03. The normalized spacial score (nSPS) is 19.3. The molecule has 0 spiro atoms. The summed E-state index contributed by atoms with van der Waals surface area (Å²) in [6.07, 6.45) is 2.47. The molecule has 0 radical (unpaired) electrons. The fourth-order valence-electron chi connectivity index (χ4n) is 1.83. The minimum absolute atomic E-state index is 0.380. The highest BCUT2D eigenvalue weighted by Gasteiger charge is 2.17. The Morgan fingerprint density at radius 2 is 1.87 bits per heavy atom. The Balaban J connectivity index is 1.74. The van der Waals surface area contributed by atoms with Crippen LogP contribution in [0.2, 0.25) is 0 Å². The largest absolute Gasteiger partial charge is 0.373 e. The quantitative estimate of drug-likeness (QED) is 0.762. The number of ether oxygens (including phenoxy) is 1. The van der Waals surface area contributed by atoms with E-state index in [1.807, 2.05) is 23.2 Å². The van der Waals surface area contributed by atoms with Gasteiger partial charge in [0.25, 0.3) is 0 Å². The van der Waals surface area contributed by atoms with E-state index < -0.39 is 0 Å². The summed E-state index contributed by atoms with van der Waals surface area (Å²) in [6, 6.07) is 10.3. The van der Waals surface area contributed by atoms with Gasteiger partial charge in [-0.15, -0.1) is 0 Å². The van der Waals surface area contributed by atoms with Gasteiger partial charge in [0.15, 0.2) is 0 Å². The van der Waals surface area contributed by atoms with Crippen molar-refractivity contribution in [2.75, 3.05) is 13.1 Å². The number of rotatable bonds is 3. The number of nitrogens with two attached hydrogens (primary N) is 1. The SMILES string of the molecule is NN1CCC(OCc2ccccc2)CC1. The van der Waals surface area contributed by atoms with Crippen molar-refractivity contribution in [2.24, 2.45) is 5.84 Å². The van der Waals surface area contributed by atoms with Crippen molar-refractivity contribution >= 4 is 0 Å². The fraction of sp³-hybridized carbons (Fsp3) is 0.500. The van der Waals surface area contributed by atoms with E-state index in [9.17, 15) is 0 Å². The van der Waals surface area contributed by atoms with Gasteiger partial charge in [0.2, 0.25) is 0 Å². The third kappa shape index (κ3) is 3.30. The van der Waals surface area contributed by atoms with Crippen molar-refractivity contribution in [1.29, 1.82) is 0 Å². The summed E-state index contributed by atoms with van der Waals surface area (Å²) < 4.78 is 5.84. The summed E-state index contributed by atoms with van der Waals surface area (Å²) in [6.45, 7) is 2.61. The van der Waals surface area contributed by atoms with Crippen LogP contribution in [-0.4, -0.2) is 24.2 Å². The van der Waals surface area contributed by atoms with Gasteiger partial charge >= 0.3 is 0 Å². The smallest absolute Gasteiger partial charge is 0.0720 e. The topological polar surface area (TPSA) is 38.5 Å². The lowest BCUT2D eigenvalue weighted by Gasteiger charge is -2.28. The van der Waals surface area contributed by atoms with Crippen LogP contribution in [0.15, 0.2) is 30.3 Å². The molecule has 2 rings (SSSR count). The molecule has 0 saturated carbocycles. The van der Waals surface area contributed by atoms with E-state index in [1.54, 1.807) is 0 Å². The molecule has 0 aromatic heterocycles. The van der Waals surface area contributed by atoms with Gasteiger partial charge in [0, 0.05) is 13.1 Å². The van der Waals surface area contributed by atoms with E-state index >= 15 is 0 Å². The first-order valence-electron chi connectivity index (χ1n) is 5.50. The molecule has 15 heavy (non-hydrogen) atoms. The molecule has 0 aliphatic carbocycles. The molecule has 1 saturated heterocycles. The zero-order chi connectivity index (χ0) is 10.5. The third-order valence-electron chi connectivity index (χ3n) is 2.81. The second-order valence-corrected chi connectivity index (χ2v) is 4.03. The molecule has 1 aliphatic rings. The van der Waals surface area contributed by atoms with E-state index in [1.165, 1.54) is 5.56 Å². The van der Waals surface area contributed by atoms with Crippen molar-refractivity contribution in [3.63, 3.8) is 0 Å². The number of hydrogen-bond acceptors (Lipinski definition) is 3. The van der Waals surface area contributed by atoms with Crippen molar-refractivity contribution < 1.29 is 4.74 Å². The Morgan fingerprint density at radius 1 is 1.20 bits per heavy atom. The molecular formula is C12H18N2O. The van der Waals surface area contributed by atoms with Crippen LogP contribution in [0.5, 0.6) is 0 Å². The zero-order valence-electron chi connectivity index (χ0n) is 8.93. The number of hydrazine groups is 1. The van der Waals surface area contributed by atoms with E-state index in [4.69, 9.17) is 10.6 Å². The van der Waals surface area contributed by atoms with Gasteiger partial charge < -0.3 is 4.74 Å². The van der Waals surface area contributed by atoms with E-state index in [0.29, 0.717) is 6.10 Å². The van der Waals surface area contributed by atoms with Crippen LogP contribution < -0.4 is 5.84 Å². The fourth-order valence-corrected chi connectivity index (χ4v) is 1.83. The Labute approximate surface area is 90.8 Å². The van der Waals surface area contributed by atoms with Crippen molar-refractivity contribution in [1.82, 2.24) is 5.01 Å². The second kappa shape index (κ2) is 5.26. The molecular weight excluding hydrogens is 188 g/mol. The molecule has 1 aliphatic heterocycles. The molecule has 1 aromatic carbocycles. The maximum atomic E-state index is 5.84. The van der Waals surface area contributed by atoms with Crippen molar-refractivity contribution in [2.45, 2.75) is 25.6 Å². The highest BCUT2D eigenvalue weighted by atomic mass is 16.5. The maximum absolute atomic E-state index is 5.84. The standard InChI is InChI=1S/C12H18N2O/c13-14-8-6-12(7-9-14)15-10-11-4-2-1-3-5-11/h1-5,12H,6-10,13H2. The van der Waals surface area contributed by atoms with Crippen LogP contribution in [-0.2, 0) is 11.3 Å². The molecule has 3 nitrogen and oxygen atoms in total. The Hall–Kier alpha value is -0.900. The summed E-state index contributed by atoms with van der Waals surface area (Å²) in [7, 11) is 0. The van der Waals surface area contributed by atoms with E-state index in [2.05, 4.69) is 12.1 Å². The number of benzene rings is 1.